The van der Waals surface area contributed by atoms with Crippen LogP contribution in [0.4, 0.5) is 0 Å². The van der Waals surface area contributed by atoms with E-state index in [1.54, 1.807) is 6.92 Å². The molecule has 0 aromatic heterocycles. The average Bonchev–Trinajstić information content (AvgIpc) is 2.67. The molecule has 1 spiro atoms. The summed E-state index contributed by atoms with van der Waals surface area (Å²) in [6, 6.07) is 0. The molecule has 0 unspecified atom stereocenters. The zero-order chi connectivity index (χ0) is 13.1. The standard InChI is InChI=1S/C17H26O/c1-11-5-6-15-16(3,4)14-10-17(11,15)8-7-13(14)9-12(2)18/h7,11,14-15H,5-6,8-10H2,1-4H3/t11-,14+,15+,17+/m0/s1. The maximum Gasteiger partial charge on any atom is 0.133 e. The third-order valence-electron chi connectivity index (χ3n) is 6.59. The summed E-state index contributed by atoms with van der Waals surface area (Å²) in [6.45, 7) is 9.11. The van der Waals surface area contributed by atoms with Gasteiger partial charge >= 0.3 is 0 Å². The Morgan fingerprint density at radius 2 is 2.11 bits per heavy atom. The van der Waals surface area contributed by atoms with Crippen LogP contribution in [0.1, 0.15) is 59.8 Å². The molecule has 0 aromatic carbocycles. The highest BCUT2D eigenvalue weighted by atomic mass is 16.1. The Labute approximate surface area is 111 Å². The van der Waals surface area contributed by atoms with E-state index in [1.807, 2.05) is 0 Å². The van der Waals surface area contributed by atoms with Crippen molar-refractivity contribution in [3.63, 3.8) is 0 Å². The highest BCUT2D eigenvalue weighted by Gasteiger charge is 2.63. The number of hydrogen-bond acceptors (Lipinski definition) is 1. The molecule has 0 aliphatic heterocycles. The molecular formula is C17H26O. The summed E-state index contributed by atoms with van der Waals surface area (Å²) >= 11 is 0. The number of hydrogen-bond donors (Lipinski definition) is 0. The van der Waals surface area contributed by atoms with Gasteiger partial charge < -0.3 is 0 Å². The van der Waals surface area contributed by atoms with Gasteiger partial charge in [-0.25, -0.2) is 0 Å². The first kappa shape index (κ1) is 12.4. The topological polar surface area (TPSA) is 17.1 Å². The molecule has 0 N–H and O–H groups in total. The summed E-state index contributed by atoms with van der Waals surface area (Å²) in [5, 5.41) is 0. The van der Waals surface area contributed by atoms with E-state index in [0.29, 0.717) is 29.0 Å². The number of carbonyl (C=O) groups excluding carboxylic acids is 1. The minimum atomic E-state index is 0.332. The van der Waals surface area contributed by atoms with Crippen LogP contribution >= 0.6 is 0 Å². The van der Waals surface area contributed by atoms with E-state index in [9.17, 15) is 4.79 Å². The summed E-state index contributed by atoms with van der Waals surface area (Å²) in [4.78, 5) is 11.5. The monoisotopic (exact) mass is 246 g/mol. The van der Waals surface area contributed by atoms with Crippen LogP contribution in [0.3, 0.4) is 0 Å². The minimum Gasteiger partial charge on any atom is -0.300 e. The molecule has 0 aromatic rings. The first-order valence-corrected chi connectivity index (χ1v) is 7.56. The number of allylic oxidation sites excluding steroid dienone is 2. The second kappa shape index (κ2) is 3.71. The number of Topliss-reactive ketones (excluding diaryl/α,β-unsaturated/α-hetero) is 1. The minimum absolute atomic E-state index is 0.332. The Kier molecular flexibility index (Phi) is 2.56. The van der Waals surface area contributed by atoms with Gasteiger partial charge in [-0.05, 0) is 61.2 Å². The Balaban J connectivity index is 1.99. The van der Waals surface area contributed by atoms with Crippen molar-refractivity contribution in [2.45, 2.75) is 59.8 Å². The van der Waals surface area contributed by atoms with E-state index in [2.05, 4.69) is 26.8 Å². The van der Waals surface area contributed by atoms with Gasteiger partial charge in [0.25, 0.3) is 0 Å². The van der Waals surface area contributed by atoms with Gasteiger partial charge in [0.15, 0.2) is 0 Å². The fourth-order valence-electron chi connectivity index (χ4n) is 5.66. The second-order valence-corrected chi connectivity index (χ2v) is 7.70. The van der Waals surface area contributed by atoms with E-state index in [4.69, 9.17) is 0 Å². The van der Waals surface area contributed by atoms with Crippen LogP contribution in [-0.2, 0) is 4.79 Å². The van der Waals surface area contributed by atoms with Crippen LogP contribution in [0, 0.1) is 28.6 Å². The molecule has 3 rings (SSSR count). The van der Waals surface area contributed by atoms with Gasteiger partial charge in [-0.3, -0.25) is 4.79 Å². The van der Waals surface area contributed by atoms with Crippen molar-refractivity contribution in [3.8, 4) is 0 Å². The highest BCUT2D eigenvalue weighted by molar-refractivity contribution is 5.78. The van der Waals surface area contributed by atoms with Gasteiger partial charge in [0.05, 0.1) is 0 Å². The fraction of sp³-hybridized carbons (Fsp3) is 0.824. The van der Waals surface area contributed by atoms with Crippen LogP contribution in [-0.4, -0.2) is 5.78 Å². The van der Waals surface area contributed by atoms with Crippen LogP contribution in [0.15, 0.2) is 11.6 Å². The number of rotatable bonds is 2. The van der Waals surface area contributed by atoms with Crippen LogP contribution in [0.25, 0.3) is 0 Å². The molecule has 100 valence electrons. The summed E-state index contributed by atoms with van der Waals surface area (Å²) in [6.07, 6.45) is 8.55. The highest BCUT2D eigenvalue weighted by Crippen LogP contribution is 2.71. The number of ketones is 1. The van der Waals surface area contributed by atoms with Crippen molar-refractivity contribution >= 4 is 5.78 Å². The predicted molar refractivity (Wildman–Crippen MR) is 74.2 cm³/mol. The zero-order valence-electron chi connectivity index (χ0n) is 12.3. The van der Waals surface area contributed by atoms with Crippen molar-refractivity contribution in [1.82, 2.24) is 0 Å². The van der Waals surface area contributed by atoms with Crippen LogP contribution in [0.5, 0.6) is 0 Å². The van der Waals surface area contributed by atoms with Crippen molar-refractivity contribution in [3.05, 3.63) is 11.6 Å². The molecule has 1 nitrogen and oxygen atoms in total. The van der Waals surface area contributed by atoms with Gasteiger partial charge in [-0.1, -0.05) is 32.4 Å². The molecule has 0 saturated heterocycles. The molecule has 3 aliphatic rings. The lowest BCUT2D eigenvalue weighted by atomic mass is 9.68. The Hall–Kier alpha value is -0.590. The molecule has 4 atom stereocenters. The Bertz CT molecular complexity index is 417. The van der Waals surface area contributed by atoms with E-state index >= 15 is 0 Å². The van der Waals surface area contributed by atoms with E-state index in [-0.39, 0.29) is 0 Å². The molecule has 2 bridgehead atoms. The molecule has 18 heavy (non-hydrogen) atoms. The number of fused-ring (bicyclic) bond motifs is 1. The smallest absolute Gasteiger partial charge is 0.133 e. The molecule has 3 aliphatic carbocycles. The third kappa shape index (κ3) is 1.42. The lowest BCUT2D eigenvalue weighted by molar-refractivity contribution is -0.116. The lowest BCUT2D eigenvalue weighted by Gasteiger charge is -2.36. The molecule has 0 heterocycles. The second-order valence-electron chi connectivity index (χ2n) is 7.70. The first-order valence-electron chi connectivity index (χ1n) is 7.56. The fourth-order valence-corrected chi connectivity index (χ4v) is 5.66. The molecular weight excluding hydrogens is 220 g/mol. The quantitative estimate of drug-likeness (QED) is 0.661. The van der Waals surface area contributed by atoms with Crippen molar-refractivity contribution in [1.29, 1.82) is 0 Å². The average molecular weight is 246 g/mol. The summed E-state index contributed by atoms with van der Waals surface area (Å²) in [5.41, 5.74) is 2.44. The van der Waals surface area contributed by atoms with E-state index in [0.717, 1.165) is 11.8 Å². The summed E-state index contributed by atoms with van der Waals surface area (Å²) in [5.74, 6) is 2.76. The largest absolute Gasteiger partial charge is 0.300 e. The van der Waals surface area contributed by atoms with Crippen molar-refractivity contribution in [2.75, 3.05) is 0 Å². The van der Waals surface area contributed by atoms with E-state index in [1.165, 1.54) is 31.3 Å². The maximum atomic E-state index is 11.5. The van der Waals surface area contributed by atoms with Crippen molar-refractivity contribution in [2.24, 2.45) is 28.6 Å². The molecule has 0 radical (unpaired) electrons. The lowest BCUT2D eigenvalue weighted by Crippen LogP contribution is -2.30. The van der Waals surface area contributed by atoms with Crippen LogP contribution < -0.4 is 0 Å². The van der Waals surface area contributed by atoms with Gasteiger partial charge in [0.1, 0.15) is 5.78 Å². The summed E-state index contributed by atoms with van der Waals surface area (Å²) in [7, 11) is 0. The van der Waals surface area contributed by atoms with Gasteiger partial charge in [0, 0.05) is 6.42 Å². The SMILES string of the molecule is CC(=O)CC1=CC[C@]23C[C@H]1C(C)(C)[C@H]2CC[C@@H]3C. The van der Waals surface area contributed by atoms with Gasteiger partial charge in [-0.15, -0.1) is 0 Å². The maximum absolute atomic E-state index is 11.5. The third-order valence-corrected chi connectivity index (χ3v) is 6.59. The molecule has 1 heteroatoms. The molecule has 2 saturated carbocycles. The normalized spacial score (nSPS) is 44.7. The molecule has 2 fully saturated rings. The van der Waals surface area contributed by atoms with Gasteiger partial charge in [-0.2, -0.15) is 0 Å². The number of carbonyl (C=O) groups is 1. The van der Waals surface area contributed by atoms with E-state index < -0.39 is 0 Å². The predicted octanol–water partition coefficient (Wildman–Crippen LogP) is 4.37. The first-order chi connectivity index (χ1) is 8.38. The van der Waals surface area contributed by atoms with Gasteiger partial charge in [0.2, 0.25) is 0 Å². The molecule has 0 amide bonds. The summed E-state index contributed by atoms with van der Waals surface area (Å²) < 4.78 is 0. The zero-order valence-corrected chi connectivity index (χ0v) is 12.3. The van der Waals surface area contributed by atoms with Crippen molar-refractivity contribution < 1.29 is 4.79 Å². The Morgan fingerprint density at radius 1 is 1.39 bits per heavy atom. The van der Waals surface area contributed by atoms with Crippen LogP contribution in [0.2, 0.25) is 0 Å². The Morgan fingerprint density at radius 3 is 2.78 bits per heavy atom.